The lowest BCUT2D eigenvalue weighted by Crippen LogP contribution is -2.56. The van der Waals surface area contributed by atoms with Gasteiger partial charge in [-0.05, 0) is 44.6 Å². The van der Waals surface area contributed by atoms with Crippen molar-refractivity contribution in [1.29, 1.82) is 0 Å². The molecule has 0 aliphatic carbocycles. The molecule has 5 nitrogen and oxygen atoms in total. The minimum absolute atomic E-state index is 0. The molecule has 21 heavy (non-hydrogen) atoms. The molecule has 0 aromatic heterocycles. The number of rotatable bonds is 4. The Morgan fingerprint density at radius 3 is 2.48 bits per heavy atom. The molecule has 2 aliphatic heterocycles. The van der Waals surface area contributed by atoms with Crippen LogP contribution in [0.5, 0.6) is 0 Å². The Kier molecular flexibility index (Phi) is 6.94. The first kappa shape index (κ1) is 18.2. The van der Waals surface area contributed by atoms with Gasteiger partial charge in [0.1, 0.15) is 0 Å². The van der Waals surface area contributed by atoms with Crippen LogP contribution < -0.4 is 10.6 Å². The average molecular weight is 318 g/mol. The number of hydrogen-bond acceptors (Lipinski definition) is 3. The highest BCUT2D eigenvalue weighted by atomic mass is 35.5. The highest BCUT2D eigenvalue weighted by Gasteiger charge is 2.42. The van der Waals surface area contributed by atoms with Crippen LogP contribution in [0.15, 0.2) is 0 Å². The topological polar surface area (TPSA) is 61.4 Å². The molecule has 0 saturated carbocycles. The first-order chi connectivity index (χ1) is 9.57. The largest absolute Gasteiger partial charge is 0.356 e. The van der Waals surface area contributed by atoms with E-state index in [1.165, 1.54) is 0 Å². The van der Waals surface area contributed by atoms with Gasteiger partial charge in [0.15, 0.2) is 0 Å². The third kappa shape index (κ3) is 4.33. The Labute approximate surface area is 133 Å². The lowest BCUT2D eigenvalue weighted by molar-refractivity contribution is -0.139. The van der Waals surface area contributed by atoms with E-state index in [0.717, 1.165) is 58.3 Å². The van der Waals surface area contributed by atoms with E-state index in [1.54, 1.807) is 6.92 Å². The average Bonchev–Trinajstić information content (AvgIpc) is 2.95. The fourth-order valence-corrected chi connectivity index (χ4v) is 3.37. The monoisotopic (exact) mass is 317 g/mol. The quantitative estimate of drug-likeness (QED) is 0.822. The van der Waals surface area contributed by atoms with Gasteiger partial charge in [-0.1, -0.05) is 6.92 Å². The van der Waals surface area contributed by atoms with E-state index in [1.807, 2.05) is 4.90 Å². The van der Waals surface area contributed by atoms with Gasteiger partial charge in [0.05, 0.1) is 5.54 Å². The Hall–Kier alpha value is -0.810. The van der Waals surface area contributed by atoms with Crippen molar-refractivity contribution < 1.29 is 9.59 Å². The summed E-state index contributed by atoms with van der Waals surface area (Å²) in [7, 11) is 0. The molecule has 2 amide bonds. The molecule has 1 unspecified atom stereocenters. The molecular weight excluding hydrogens is 290 g/mol. The molecule has 0 bridgehead atoms. The van der Waals surface area contributed by atoms with Crippen LogP contribution in [0.4, 0.5) is 0 Å². The van der Waals surface area contributed by atoms with Gasteiger partial charge in [0, 0.05) is 26.6 Å². The predicted molar refractivity (Wildman–Crippen MR) is 85.5 cm³/mol. The van der Waals surface area contributed by atoms with Gasteiger partial charge in [-0.15, -0.1) is 12.4 Å². The van der Waals surface area contributed by atoms with E-state index in [-0.39, 0.29) is 29.8 Å². The minimum atomic E-state index is -0.301. The maximum absolute atomic E-state index is 12.7. The standard InChI is InChI=1S/C15H27N3O2.ClH/c1-3-15(7-4-8-17-15)14(20)18-9-5-13(6-10-18)11-16-12(2)19;/h13,17H,3-11H2,1-2H3,(H,16,19);1H. The normalized spacial score (nSPS) is 26.3. The van der Waals surface area contributed by atoms with Gasteiger partial charge in [0.2, 0.25) is 11.8 Å². The maximum atomic E-state index is 12.7. The molecule has 0 aromatic rings. The van der Waals surface area contributed by atoms with Crippen molar-refractivity contribution in [2.75, 3.05) is 26.2 Å². The molecule has 0 radical (unpaired) electrons. The third-order valence-electron chi connectivity index (χ3n) is 4.80. The van der Waals surface area contributed by atoms with E-state index >= 15 is 0 Å². The second kappa shape index (κ2) is 7.99. The highest BCUT2D eigenvalue weighted by Crippen LogP contribution is 2.27. The first-order valence-corrected chi connectivity index (χ1v) is 7.86. The van der Waals surface area contributed by atoms with Crippen molar-refractivity contribution in [2.24, 2.45) is 5.92 Å². The Balaban J connectivity index is 0.00000220. The molecule has 2 N–H and O–H groups in total. The van der Waals surface area contributed by atoms with Gasteiger partial charge < -0.3 is 15.5 Å². The van der Waals surface area contributed by atoms with Crippen molar-refractivity contribution in [3.8, 4) is 0 Å². The molecule has 0 spiro atoms. The van der Waals surface area contributed by atoms with Gasteiger partial charge in [0.25, 0.3) is 0 Å². The van der Waals surface area contributed by atoms with Crippen molar-refractivity contribution in [1.82, 2.24) is 15.5 Å². The maximum Gasteiger partial charge on any atom is 0.242 e. The molecule has 2 rings (SSSR count). The van der Waals surface area contributed by atoms with Gasteiger partial charge >= 0.3 is 0 Å². The SMILES string of the molecule is CCC1(C(=O)N2CCC(CNC(C)=O)CC2)CCCN1.Cl. The van der Waals surface area contributed by atoms with Crippen LogP contribution in [0, 0.1) is 5.92 Å². The summed E-state index contributed by atoms with van der Waals surface area (Å²) in [5.74, 6) is 0.830. The molecule has 2 fully saturated rings. The summed E-state index contributed by atoms with van der Waals surface area (Å²) in [4.78, 5) is 25.7. The molecule has 0 aromatic carbocycles. The van der Waals surface area contributed by atoms with Crippen LogP contribution in [-0.2, 0) is 9.59 Å². The molecule has 6 heteroatoms. The smallest absolute Gasteiger partial charge is 0.242 e. The van der Waals surface area contributed by atoms with Crippen LogP contribution in [0.2, 0.25) is 0 Å². The number of nitrogens with zero attached hydrogens (tertiary/aromatic N) is 1. The van der Waals surface area contributed by atoms with E-state index in [2.05, 4.69) is 17.6 Å². The molecule has 122 valence electrons. The zero-order chi connectivity index (χ0) is 14.6. The summed E-state index contributed by atoms with van der Waals surface area (Å²) in [6, 6.07) is 0. The summed E-state index contributed by atoms with van der Waals surface area (Å²) in [5.41, 5.74) is -0.301. The fraction of sp³-hybridized carbons (Fsp3) is 0.867. The zero-order valence-electron chi connectivity index (χ0n) is 13.1. The lowest BCUT2D eigenvalue weighted by atomic mass is 9.90. The Bertz CT molecular complexity index is 362. The lowest BCUT2D eigenvalue weighted by Gasteiger charge is -2.38. The molecule has 2 heterocycles. The van der Waals surface area contributed by atoms with Crippen LogP contribution in [0.25, 0.3) is 0 Å². The first-order valence-electron chi connectivity index (χ1n) is 7.86. The molecular formula is C15H28ClN3O2. The molecule has 1 atom stereocenters. The Morgan fingerprint density at radius 1 is 1.33 bits per heavy atom. The fourth-order valence-electron chi connectivity index (χ4n) is 3.37. The number of carbonyl (C=O) groups is 2. The van der Waals surface area contributed by atoms with E-state index in [4.69, 9.17) is 0 Å². The summed E-state index contributed by atoms with van der Waals surface area (Å²) < 4.78 is 0. The van der Waals surface area contributed by atoms with Gasteiger partial charge in [-0.25, -0.2) is 0 Å². The number of likely N-dealkylation sites (tertiary alicyclic amines) is 1. The second-order valence-electron chi connectivity index (χ2n) is 6.14. The van der Waals surface area contributed by atoms with Crippen molar-refractivity contribution in [3.05, 3.63) is 0 Å². The summed E-state index contributed by atoms with van der Waals surface area (Å²) in [6.07, 6.45) is 4.92. The van der Waals surface area contributed by atoms with E-state index < -0.39 is 0 Å². The molecule has 2 aliphatic rings. The van der Waals surface area contributed by atoms with Crippen molar-refractivity contribution >= 4 is 24.2 Å². The minimum Gasteiger partial charge on any atom is -0.356 e. The van der Waals surface area contributed by atoms with E-state index in [0.29, 0.717) is 5.92 Å². The summed E-state index contributed by atoms with van der Waals surface area (Å²) in [5, 5.41) is 6.30. The highest BCUT2D eigenvalue weighted by molar-refractivity contribution is 5.86. The van der Waals surface area contributed by atoms with Crippen LogP contribution in [0.1, 0.15) is 46.0 Å². The molecule has 2 saturated heterocycles. The van der Waals surface area contributed by atoms with E-state index in [9.17, 15) is 9.59 Å². The second-order valence-corrected chi connectivity index (χ2v) is 6.14. The number of hydrogen-bond donors (Lipinski definition) is 2. The van der Waals surface area contributed by atoms with Crippen molar-refractivity contribution in [3.63, 3.8) is 0 Å². The summed E-state index contributed by atoms with van der Waals surface area (Å²) >= 11 is 0. The van der Waals surface area contributed by atoms with Gasteiger partial charge in [-0.3, -0.25) is 9.59 Å². The number of amides is 2. The number of halogens is 1. The van der Waals surface area contributed by atoms with Crippen LogP contribution in [0.3, 0.4) is 0 Å². The van der Waals surface area contributed by atoms with Crippen LogP contribution in [-0.4, -0.2) is 48.4 Å². The number of nitrogens with one attached hydrogen (secondary N) is 2. The number of piperidine rings is 1. The summed E-state index contributed by atoms with van der Waals surface area (Å²) in [6.45, 7) is 7.00. The van der Waals surface area contributed by atoms with Crippen LogP contribution >= 0.6 is 12.4 Å². The third-order valence-corrected chi connectivity index (χ3v) is 4.80. The van der Waals surface area contributed by atoms with Crippen molar-refractivity contribution in [2.45, 2.75) is 51.5 Å². The zero-order valence-corrected chi connectivity index (χ0v) is 13.9. The van der Waals surface area contributed by atoms with Gasteiger partial charge in [-0.2, -0.15) is 0 Å². The Morgan fingerprint density at radius 2 is 2.00 bits per heavy atom. The predicted octanol–water partition coefficient (Wildman–Crippen LogP) is 1.32. The number of carbonyl (C=O) groups excluding carboxylic acids is 2.